The summed E-state index contributed by atoms with van der Waals surface area (Å²) in [7, 11) is 0. The zero-order chi connectivity index (χ0) is 20.4. The summed E-state index contributed by atoms with van der Waals surface area (Å²) in [6.45, 7) is 4.73. The zero-order valence-corrected chi connectivity index (χ0v) is 16.4. The molecule has 2 aliphatic heterocycles. The van der Waals surface area contributed by atoms with Gasteiger partial charge in [-0.3, -0.25) is 14.4 Å². The lowest BCUT2D eigenvalue weighted by Gasteiger charge is -2.53. The first-order chi connectivity index (χ1) is 13.2. The largest absolute Gasteiger partial charge is 0.388 e. The minimum absolute atomic E-state index is 0.0118. The topological polar surface area (TPSA) is 125 Å². The lowest BCUT2D eigenvalue weighted by atomic mass is 9.73. The number of H-pyrrole nitrogens is 1. The number of aromatic amines is 1. The Morgan fingerprint density at radius 3 is 2.68 bits per heavy atom. The fourth-order valence-electron chi connectivity index (χ4n) is 4.25. The summed E-state index contributed by atoms with van der Waals surface area (Å²) in [5.74, 6) is -0.167. The molecule has 3 N–H and O–H groups in total. The number of aryl methyl sites for hydroxylation is 1. The monoisotopic (exact) mass is 392 g/mol. The first kappa shape index (κ1) is 20.5. The number of rotatable bonds is 4. The second kappa shape index (κ2) is 8.00. The second-order valence-corrected chi connectivity index (χ2v) is 7.96. The van der Waals surface area contributed by atoms with Crippen molar-refractivity contribution in [2.24, 2.45) is 0 Å². The van der Waals surface area contributed by atoms with Gasteiger partial charge in [-0.05, 0) is 32.3 Å². The van der Waals surface area contributed by atoms with Gasteiger partial charge < -0.3 is 20.1 Å². The van der Waals surface area contributed by atoms with E-state index in [4.69, 9.17) is 4.74 Å². The van der Waals surface area contributed by atoms with Crippen molar-refractivity contribution in [3.8, 4) is 0 Å². The number of piperidine rings is 1. The van der Waals surface area contributed by atoms with Crippen LogP contribution in [0.3, 0.4) is 0 Å². The van der Waals surface area contributed by atoms with E-state index in [2.05, 4.69) is 15.5 Å². The summed E-state index contributed by atoms with van der Waals surface area (Å²) in [6.07, 6.45) is 1.51. The third-order valence-electron chi connectivity index (χ3n) is 5.87. The van der Waals surface area contributed by atoms with Gasteiger partial charge in [0.05, 0.1) is 16.8 Å². The highest BCUT2D eigenvalue weighted by molar-refractivity contribution is 5.76. The van der Waals surface area contributed by atoms with E-state index in [1.807, 2.05) is 6.92 Å². The number of aliphatic hydroxyl groups excluding tert-OH is 1. The van der Waals surface area contributed by atoms with Gasteiger partial charge >= 0.3 is 0 Å². The van der Waals surface area contributed by atoms with Crippen LogP contribution in [0.5, 0.6) is 0 Å². The van der Waals surface area contributed by atoms with Gasteiger partial charge in [0, 0.05) is 45.5 Å². The number of ether oxygens (including phenoxy) is 1. The number of hydrogen-bond donors (Lipinski definition) is 3. The average molecular weight is 392 g/mol. The van der Waals surface area contributed by atoms with E-state index in [1.54, 1.807) is 11.0 Å². The van der Waals surface area contributed by atoms with Crippen LogP contribution in [0.1, 0.15) is 45.2 Å². The SMILES string of the molecule is CC(=O)N[C@@]1(C)CCOC2(CCN(C(=O)CCc3ccc(=O)[nH]n3)CC2)[C@@H]1O. The molecule has 0 saturated carbocycles. The quantitative estimate of drug-likeness (QED) is 0.648. The highest BCUT2D eigenvalue weighted by Crippen LogP contribution is 2.40. The number of nitrogens with zero attached hydrogens (tertiary/aromatic N) is 2. The fourth-order valence-corrected chi connectivity index (χ4v) is 4.25. The molecule has 0 radical (unpaired) electrons. The first-order valence-electron chi connectivity index (χ1n) is 9.67. The van der Waals surface area contributed by atoms with E-state index < -0.39 is 17.2 Å². The molecule has 28 heavy (non-hydrogen) atoms. The maximum Gasteiger partial charge on any atom is 0.264 e. The molecule has 2 amide bonds. The summed E-state index contributed by atoms with van der Waals surface area (Å²) < 4.78 is 5.98. The fraction of sp³-hybridized carbons (Fsp3) is 0.684. The predicted octanol–water partition coefficient (Wildman–Crippen LogP) is -0.260. The van der Waals surface area contributed by atoms with Crippen LogP contribution in [0, 0.1) is 0 Å². The van der Waals surface area contributed by atoms with Gasteiger partial charge in [-0.25, -0.2) is 5.10 Å². The smallest absolute Gasteiger partial charge is 0.264 e. The third-order valence-corrected chi connectivity index (χ3v) is 5.87. The van der Waals surface area contributed by atoms with Gasteiger partial charge in [0.25, 0.3) is 5.56 Å². The van der Waals surface area contributed by atoms with Crippen molar-refractivity contribution in [2.75, 3.05) is 19.7 Å². The summed E-state index contributed by atoms with van der Waals surface area (Å²) in [5.41, 5.74) is -1.08. The van der Waals surface area contributed by atoms with Crippen molar-refractivity contribution >= 4 is 11.8 Å². The van der Waals surface area contributed by atoms with Gasteiger partial charge in [-0.2, -0.15) is 5.10 Å². The van der Waals surface area contributed by atoms with E-state index in [0.717, 1.165) is 0 Å². The van der Waals surface area contributed by atoms with Crippen molar-refractivity contribution < 1.29 is 19.4 Å². The molecule has 0 unspecified atom stereocenters. The maximum absolute atomic E-state index is 12.5. The molecule has 0 bridgehead atoms. The Morgan fingerprint density at radius 1 is 1.36 bits per heavy atom. The minimum Gasteiger partial charge on any atom is -0.388 e. The number of nitrogens with one attached hydrogen (secondary N) is 2. The van der Waals surface area contributed by atoms with Gasteiger partial charge in [-0.15, -0.1) is 0 Å². The normalized spacial score (nSPS) is 26.8. The van der Waals surface area contributed by atoms with Crippen molar-refractivity contribution in [1.82, 2.24) is 20.4 Å². The van der Waals surface area contributed by atoms with Crippen LogP contribution in [0.25, 0.3) is 0 Å². The number of hydrogen-bond acceptors (Lipinski definition) is 6. The molecule has 1 aromatic rings. The Kier molecular flexibility index (Phi) is 5.85. The lowest BCUT2D eigenvalue weighted by molar-refractivity contribution is -0.207. The van der Waals surface area contributed by atoms with Crippen molar-refractivity contribution in [3.63, 3.8) is 0 Å². The van der Waals surface area contributed by atoms with E-state index in [1.165, 1.54) is 13.0 Å². The Labute approximate surface area is 163 Å². The number of carbonyl (C=O) groups is 2. The molecule has 9 nitrogen and oxygen atoms in total. The molecule has 0 aromatic carbocycles. The molecular formula is C19H28N4O5. The van der Waals surface area contributed by atoms with E-state index >= 15 is 0 Å². The number of amides is 2. The Morgan fingerprint density at radius 2 is 2.07 bits per heavy atom. The lowest BCUT2D eigenvalue weighted by Crippen LogP contribution is -2.69. The van der Waals surface area contributed by atoms with Gasteiger partial charge in [0.2, 0.25) is 11.8 Å². The van der Waals surface area contributed by atoms with Gasteiger partial charge in [0.1, 0.15) is 6.10 Å². The van der Waals surface area contributed by atoms with E-state index in [0.29, 0.717) is 57.5 Å². The van der Waals surface area contributed by atoms with Crippen LogP contribution in [0.2, 0.25) is 0 Å². The maximum atomic E-state index is 12.5. The predicted molar refractivity (Wildman–Crippen MR) is 101 cm³/mol. The highest BCUT2D eigenvalue weighted by atomic mass is 16.5. The Bertz CT molecular complexity index is 766. The number of aliphatic hydroxyl groups is 1. The highest BCUT2D eigenvalue weighted by Gasteiger charge is 2.53. The standard InChI is InChI=1S/C19H28N4O5/c1-13(24)20-18(2)9-12-28-19(17(18)27)7-10-23(11-8-19)16(26)6-4-14-3-5-15(25)22-21-14/h3,5,17,27H,4,6-12H2,1-2H3,(H,20,24)(H,22,25)/t17-,18+/m1/s1. The van der Waals surface area contributed by atoms with Crippen LogP contribution in [-0.2, 0) is 20.7 Å². The van der Waals surface area contributed by atoms with Crippen LogP contribution < -0.4 is 10.9 Å². The van der Waals surface area contributed by atoms with Gasteiger partial charge in [-0.1, -0.05) is 0 Å². The van der Waals surface area contributed by atoms with Crippen LogP contribution in [0.4, 0.5) is 0 Å². The van der Waals surface area contributed by atoms with Crippen LogP contribution >= 0.6 is 0 Å². The van der Waals surface area contributed by atoms with Crippen LogP contribution in [0.15, 0.2) is 16.9 Å². The van der Waals surface area contributed by atoms with Gasteiger partial charge in [0.15, 0.2) is 0 Å². The Balaban J connectivity index is 1.57. The summed E-state index contributed by atoms with van der Waals surface area (Å²) in [4.78, 5) is 36.9. The molecule has 0 aliphatic carbocycles. The zero-order valence-electron chi connectivity index (χ0n) is 16.4. The molecule has 3 rings (SSSR count). The van der Waals surface area contributed by atoms with E-state index in [-0.39, 0.29) is 17.4 Å². The molecule has 2 saturated heterocycles. The minimum atomic E-state index is -0.833. The Hall–Kier alpha value is -2.26. The van der Waals surface area contributed by atoms with Crippen molar-refractivity contribution in [1.29, 1.82) is 0 Å². The number of aromatic nitrogens is 2. The van der Waals surface area contributed by atoms with Crippen molar-refractivity contribution in [2.45, 2.75) is 63.2 Å². The summed E-state index contributed by atoms with van der Waals surface area (Å²) >= 11 is 0. The summed E-state index contributed by atoms with van der Waals surface area (Å²) in [6, 6.07) is 3.01. The average Bonchev–Trinajstić information content (AvgIpc) is 2.65. The summed E-state index contributed by atoms with van der Waals surface area (Å²) in [5, 5.41) is 20.1. The molecule has 2 atom stereocenters. The van der Waals surface area contributed by atoms with Crippen LogP contribution in [-0.4, -0.2) is 69.0 Å². The molecule has 3 heterocycles. The molecule has 2 fully saturated rings. The molecule has 154 valence electrons. The molecular weight excluding hydrogens is 364 g/mol. The molecule has 1 aromatic heterocycles. The number of carbonyl (C=O) groups excluding carboxylic acids is 2. The second-order valence-electron chi connectivity index (χ2n) is 7.96. The molecule has 2 aliphatic rings. The van der Waals surface area contributed by atoms with E-state index in [9.17, 15) is 19.5 Å². The molecule has 9 heteroatoms. The number of likely N-dealkylation sites (tertiary alicyclic amines) is 1. The van der Waals surface area contributed by atoms with Crippen molar-refractivity contribution in [3.05, 3.63) is 28.2 Å². The third kappa shape index (κ3) is 4.25. The first-order valence-corrected chi connectivity index (χ1v) is 9.67. The molecule has 1 spiro atoms.